The van der Waals surface area contributed by atoms with Crippen molar-refractivity contribution in [2.75, 3.05) is 13.2 Å². The Morgan fingerprint density at radius 1 is 0.769 bits per heavy atom. The van der Waals surface area contributed by atoms with Gasteiger partial charge >= 0.3 is 11.9 Å². The maximum atomic E-state index is 12.0. The number of carbonyl (C=O) groups excluding carboxylic acids is 3. The number of ether oxygens (including phenoxy) is 1. The second-order valence-electron chi connectivity index (χ2n) is 6.36. The maximum absolute atomic E-state index is 12.0. The third-order valence-electron chi connectivity index (χ3n) is 4.12. The molecule has 26 heavy (non-hydrogen) atoms. The van der Waals surface area contributed by atoms with Gasteiger partial charge in [-0.25, -0.2) is 4.79 Å². The molecule has 0 aromatic carbocycles. The fraction of sp³-hybridized carbons (Fsp3) is 0.833. The topological polar surface area (TPSA) is 141 Å². The summed E-state index contributed by atoms with van der Waals surface area (Å²) in [6.45, 7) is 0.386. The normalized spacial score (nSPS) is 14.5. The molecule has 0 fully saturated rings. The monoisotopic (exact) mass is 376 g/mol. The van der Waals surface area contributed by atoms with E-state index in [1.807, 2.05) is 0 Å². The summed E-state index contributed by atoms with van der Waals surface area (Å²) in [5.74, 6) is -4.87. The predicted octanol–water partition coefficient (Wildman–Crippen LogP) is 0.479. The van der Waals surface area contributed by atoms with E-state index in [0.717, 1.165) is 25.7 Å². The fourth-order valence-corrected chi connectivity index (χ4v) is 2.49. The Bertz CT molecular complexity index is 423. The second kappa shape index (κ2) is 14.8. The highest BCUT2D eigenvalue weighted by Gasteiger charge is 2.34. The number of aliphatic hydroxyl groups excluding tert-OH is 4. The summed E-state index contributed by atoms with van der Waals surface area (Å²) in [6, 6.07) is 0. The highest BCUT2D eigenvalue weighted by Crippen LogP contribution is 2.17. The lowest BCUT2D eigenvalue weighted by Crippen LogP contribution is -2.39. The molecule has 0 aromatic rings. The van der Waals surface area contributed by atoms with Crippen LogP contribution < -0.4 is 0 Å². The number of hydrogen-bond acceptors (Lipinski definition) is 8. The van der Waals surface area contributed by atoms with Gasteiger partial charge in [0.2, 0.25) is 0 Å². The highest BCUT2D eigenvalue weighted by molar-refractivity contribution is 6.04. The Balaban J connectivity index is 4.50. The van der Waals surface area contributed by atoms with Gasteiger partial charge in [-0.05, 0) is 6.42 Å². The smallest absolute Gasteiger partial charge is 0.345 e. The molecule has 8 heteroatoms. The van der Waals surface area contributed by atoms with Gasteiger partial charge in [-0.3, -0.25) is 9.59 Å². The summed E-state index contributed by atoms with van der Waals surface area (Å²) in [5.41, 5.74) is 0. The number of unbranched alkanes of at least 4 members (excludes halogenated alkanes) is 7. The zero-order chi connectivity index (χ0) is 19.9. The minimum Gasteiger partial charge on any atom is -0.393 e. The lowest BCUT2D eigenvalue weighted by Gasteiger charge is -2.17. The van der Waals surface area contributed by atoms with Gasteiger partial charge in [0.15, 0.2) is 11.9 Å². The van der Waals surface area contributed by atoms with E-state index in [-0.39, 0.29) is 6.42 Å². The molecule has 0 aromatic heterocycles. The lowest BCUT2D eigenvalue weighted by molar-refractivity contribution is -0.171. The van der Waals surface area contributed by atoms with Crippen LogP contribution in [0.25, 0.3) is 0 Å². The summed E-state index contributed by atoms with van der Waals surface area (Å²) in [7, 11) is 0. The van der Waals surface area contributed by atoms with Gasteiger partial charge < -0.3 is 25.2 Å². The lowest BCUT2D eigenvalue weighted by atomic mass is 9.93. The number of ketones is 1. The van der Waals surface area contributed by atoms with E-state index in [1.165, 1.54) is 19.3 Å². The Morgan fingerprint density at radius 2 is 1.27 bits per heavy atom. The molecule has 0 heterocycles. The van der Waals surface area contributed by atoms with Crippen molar-refractivity contribution in [3.8, 4) is 0 Å². The summed E-state index contributed by atoms with van der Waals surface area (Å²) < 4.78 is 4.40. The summed E-state index contributed by atoms with van der Waals surface area (Å²) >= 11 is 0. The molecule has 0 amide bonds. The number of carbonyl (C=O) groups is 3. The molecule has 0 saturated heterocycles. The van der Waals surface area contributed by atoms with Crippen molar-refractivity contribution in [3.63, 3.8) is 0 Å². The van der Waals surface area contributed by atoms with Crippen LogP contribution in [0, 0.1) is 5.92 Å². The number of Topliss-reactive ketones (excluding diaryl/α,β-unsaturated/α-hetero) is 1. The second-order valence-corrected chi connectivity index (χ2v) is 6.36. The Kier molecular flexibility index (Phi) is 14.0. The summed E-state index contributed by atoms with van der Waals surface area (Å²) in [4.78, 5) is 35.4. The maximum Gasteiger partial charge on any atom is 0.345 e. The first-order valence-corrected chi connectivity index (χ1v) is 9.26. The first-order chi connectivity index (χ1) is 12.4. The van der Waals surface area contributed by atoms with Crippen molar-refractivity contribution < 1.29 is 39.5 Å². The molecule has 0 spiro atoms. The quantitative estimate of drug-likeness (QED) is 0.184. The number of esters is 2. The van der Waals surface area contributed by atoms with Crippen LogP contribution in [0.5, 0.6) is 0 Å². The molecule has 3 atom stereocenters. The van der Waals surface area contributed by atoms with E-state index in [2.05, 4.69) is 11.7 Å². The molecule has 3 unspecified atom stereocenters. The third-order valence-corrected chi connectivity index (χ3v) is 4.12. The fourth-order valence-electron chi connectivity index (χ4n) is 2.49. The van der Waals surface area contributed by atoms with Crippen LogP contribution >= 0.6 is 0 Å². The zero-order valence-electron chi connectivity index (χ0n) is 15.4. The Hall–Kier alpha value is -1.35. The first-order valence-electron chi connectivity index (χ1n) is 9.26. The Labute approximate surface area is 154 Å². The van der Waals surface area contributed by atoms with Gasteiger partial charge in [0.1, 0.15) is 12.0 Å². The van der Waals surface area contributed by atoms with E-state index in [9.17, 15) is 19.5 Å². The number of aliphatic hydroxyl groups is 4. The molecule has 0 radical (unpaired) electrons. The largest absolute Gasteiger partial charge is 0.393 e. The van der Waals surface area contributed by atoms with Crippen molar-refractivity contribution in [2.45, 2.75) is 76.9 Å². The molecule has 0 aliphatic heterocycles. The van der Waals surface area contributed by atoms with Crippen molar-refractivity contribution >= 4 is 17.7 Å². The predicted molar refractivity (Wildman–Crippen MR) is 93.0 cm³/mol. The van der Waals surface area contributed by atoms with Crippen molar-refractivity contribution in [1.29, 1.82) is 0 Å². The number of hydrogen-bond donors (Lipinski definition) is 4. The molecule has 8 nitrogen and oxygen atoms in total. The van der Waals surface area contributed by atoms with Gasteiger partial charge in [-0.15, -0.1) is 0 Å². The van der Waals surface area contributed by atoms with E-state index in [4.69, 9.17) is 15.3 Å². The SMILES string of the molecule is CCCCCCCCCCC(C(=O)OC(=O)C(O)CO)C(=O)C(O)CO. The molecule has 0 saturated carbocycles. The van der Waals surface area contributed by atoms with E-state index in [0.29, 0.717) is 6.42 Å². The number of rotatable bonds is 15. The minimum atomic E-state index is -1.87. The zero-order valence-corrected chi connectivity index (χ0v) is 15.4. The van der Waals surface area contributed by atoms with Gasteiger partial charge in [-0.2, -0.15) is 0 Å². The van der Waals surface area contributed by atoms with Crippen LogP contribution in [-0.2, 0) is 19.1 Å². The van der Waals surface area contributed by atoms with Crippen LogP contribution in [0.4, 0.5) is 0 Å². The van der Waals surface area contributed by atoms with Gasteiger partial charge in [-0.1, -0.05) is 58.3 Å². The molecule has 0 rings (SSSR count). The van der Waals surface area contributed by atoms with Crippen LogP contribution in [-0.4, -0.2) is 63.6 Å². The molecule has 152 valence electrons. The van der Waals surface area contributed by atoms with Gasteiger partial charge in [0.05, 0.1) is 13.2 Å². The molecule has 0 bridgehead atoms. The van der Waals surface area contributed by atoms with Crippen molar-refractivity contribution in [2.24, 2.45) is 5.92 Å². The minimum absolute atomic E-state index is 0.0756. The Morgan fingerprint density at radius 3 is 1.77 bits per heavy atom. The van der Waals surface area contributed by atoms with E-state index < -0.39 is 49.1 Å². The molecular formula is C18H32O8. The molecular weight excluding hydrogens is 344 g/mol. The van der Waals surface area contributed by atoms with Crippen LogP contribution in [0.15, 0.2) is 0 Å². The summed E-state index contributed by atoms with van der Waals surface area (Å²) in [6.07, 6.45) is 4.47. The summed E-state index contributed by atoms with van der Waals surface area (Å²) in [5, 5.41) is 36.2. The molecule has 4 N–H and O–H groups in total. The average molecular weight is 376 g/mol. The van der Waals surface area contributed by atoms with Crippen molar-refractivity contribution in [1.82, 2.24) is 0 Å². The van der Waals surface area contributed by atoms with Crippen LogP contribution in [0.1, 0.15) is 64.7 Å². The standard InChI is InChI=1S/C18H32O8/c1-2-3-4-5-6-7-8-9-10-13(16(23)14(21)11-19)17(24)26-18(25)15(22)12-20/h13-15,19-22H,2-12H2,1H3. The van der Waals surface area contributed by atoms with Gasteiger partial charge in [0, 0.05) is 0 Å². The van der Waals surface area contributed by atoms with Crippen molar-refractivity contribution in [3.05, 3.63) is 0 Å². The van der Waals surface area contributed by atoms with E-state index >= 15 is 0 Å². The average Bonchev–Trinajstić information content (AvgIpc) is 2.64. The highest BCUT2D eigenvalue weighted by atomic mass is 16.6. The first kappa shape index (κ1) is 24.7. The van der Waals surface area contributed by atoms with Gasteiger partial charge in [0.25, 0.3) is 0 Å². The van der Waals surface area contributed by atoms with Crippen LogP contribution in [0.3, 0.4) is 0 Å². The molecule has 0 aliphatic carbocycles. The molecule has 0 aliphatic rings. The van der Waals surface area contributed by atoms with Crippen LogP contribution in [0.2, 0.25) is 0 Å². The third kappa shape index (κ3) is 9.96. The van der Waals surface area contributed by atoms with E-state index in [1.54, 1.807) is 0 Å².